The van der Waals surface area contributed by atoms with Gasteiger partial charge in [0, 0.05) is 37.6 Å². The van der Waals surface area contributed by atoms with Gasteiger partial charge < -0.3 is 28.7 Å². The number of nitrogens with zero attached hydrogens (tertiary/aromatic N) is 2. The predicted octanol–water partition coefficient (Wildman–Crippen LogP) is 6.57. The molecule has 4 aromatic carbocycles. The van der Waals surface area contributed by atoms with Gasteiger partial charge in [-0.3, -0.25) is 9.59 Å². The van der Waals surface area contributed by atoms with Crippen molar-refractivity contribution in [3.8, 4) is 23.0 Å². The molecule has 0 saturated heterocycles. The lowest BCUT2D eigenvalue weighted by atomic mass is 10.2. The molecule has 0 spiro atoms. The Morgan fingerprint density at radius 1 is 0.478 bits per heavy atom. The molecule has 0 aromatic heterocycles. The number of hydrogen-bond donors (Lipinski definition) is 0. The monoisotopic (exact) mass is 626 g/mol. The van der Waals surface area contributed by atoms with Gasteiger partial charge in [0.1, 0.15) is 23.0 Å². The molecule has 0 aliphatic rings. The molecule has 4 aromatic rings. The fourth-order valence-corrected chi connectivity index (χ4v) is 4.41. The molecule has 0 heterocycles. The van der Waals surface area contributed by atoms with Crippen molar-refractivity contribution in [2.75, 3.05) is 36.0 Å². The number of esters is 2. The second-order valence-electron chi connectivity index (χ2n) is 9.59. The van der Waals surface area contributed by atoms with Crippen molar-refractivity contribution in [1.29, 1.82) is 0 Å². The quantitative estimate of drug-likeness (QED) is 0.0865. The lowest BCUT2D eigenvalue weighted by Gasteiger charge is -2.20. The molecule has 0 aliphatic heterocycles. The third-order valence-electron chi connectivity index (χ3n) is 6.90. The second kappa shape index (κ2) is 18.2. The largest absolute Gasteiger partial charge is 0.429 e. The van der Waals surface area contributed by atoms with E-state index in [2.05, 4.69) is 47.0 Å². The maximum absolute atomic E-state index is 12.1. The average Bonchev–Trinajstić information content (AvgIpc) is 3.09. The van der Waals surface area contributed by atoms with Crippen molar-refractivity contribution in [2.45, 2.75) is 27.7 Å². The summed E-state index contributed by atoms with van der Waals surface area (Å²) in [7, 11) is 0. The number of carbonyl (C=O) groups excluding carboxylic acids is 4. The van der Waals surface area contributed by atoms with Gasteiger partial charge in [-0.2, -0.15) is 0 Å². The van der Waals surface area contributed by atoms with Gasteiger partial charge in [0.25, 0.3) is 12.9 Å². The summed E-state index contributed by atoms with van der Waals surface area (Å²) in [6.07, 6.45) is 0. The summed E-state index contributed by atoms with van der Waals surface area (Å²) in [6, 6.07) is 27.1. The van der Waals surface area contributed by atoms with E-state index in [-0.39, 0.29) is 0 Å². The third-order valence-corrected chi connectivity index (χ3v) is 6.90. The van der Waals surface area contributed by atoms with E-state index in [0.29, 0.717) is 47.1 Å². The van der Waals surface area contributed by atoms with Gasteiger partial charge in [-0.25, -0.2) is 9.59 Å². The smallest absolute Gasteiger partial charge is 0.343 e. The Hall–Kier alpha value is -5.64. The minimum atomic E-state index is -0.430. The molecule has 0 saturated carbocycles. The Morgan fingerprint density at radius 2 is 0.761 bits per heavy atom. The van der Waals surface area contributed by atoms with Gasteiger partial charge >= 0.3 is 11.9 Å². The van der Waals surface area contributed by atoms with Gasteiger partial charge in [0.05, 0.1) is 11.1 Å². The van der Waals surface area contributed by atoms with E-state index in [1.807, 2.05) is 24.3 Å². The third kappa shape index (κ3) is 10.2. The Kier molecular flexibility index (Phi) is 13.8. The topological polar surface area (TPSA) is 112 Å². The molecule has 0 unspecified atom stereocenters. The van der Waals surface area contributed by atoms with Crippen LogP contribution in [-0.4, -0.2) is 51.1 Å². The fraction of sp³-hybridized carbons (Fsp3) is 0.222. The van der Waals surface area contributed by atoms with Crippen molar-refractivity contribution >= 4 is 36.3 Å². The summed E-state index contributed by atoms with van der Waals surface area (Å²) in [5, 5.41) is 0. The number of ether oxygens (including phenoxy) is 4. The molecule has 4 rings (SSSR count). The van der Waals surface area contributed by atoms with Crippen LogP contribution in [0.2, 0.25) is 0 Å². The van der Waals surface area contributed by atoms with Crippen molar-refractivity contribution < 1.29 is 38.1 Å². The summed E-state index contributed by atoms with van der Waals surface area (Å²) in [5.41, 5.74) is 3.10. The number of carbonyl (C=O) groups is 4. The van der Waals surface area contributed by atoms with E-state index in [1.54, 1.807) is 72.8 Å². The van der Waals surface area contributed by atoms with Gasteiger partial charge in [-0.15, -0.1) is 0 Å². The highest BCUT2D eigenvalue weighted by Gasteiger charge is 2.11. The predicted molar refractivity (Wildman–Crippen MR) is 176 cm³/mol. The first-order valence-corrected chi connectivity index (χ1v) is 14.9. The SMILES string of the molecule is CCN(CC)c1ccc(C(=O)Oc2ccc(OC=O)cc2)cc1.CCN(CC)c1ccc(C(=O)Oc2ccc(OC=O)cc2)cc1. The first-order valence-electron chi connectivity index (χ1n) is 14.9. The van der Waals surface area contributed by atoms with Crippen LogP contribution >= 0.6 is 0 Å². The number of rotatable bonds is 14. The van der Waals surface area contributed by atoms with Crippen LogP contribution in [0, 0.1) is 0 Å². The first-order chi connectivity index (χ1) is 22.3. The van der Waals surface area contributed by atoms with Crippen LogP contribution in [0.15, 0.2) is 97.1 Å². The fourth-order valence-electron chi connectivity index (χ4n) is 4.41. The zero-order valence-electron chi connectivity index (χ0n) is 26.4. The van der Waals surface area contributed by atoms with Crippen molar-refractivity contribution in [3.05, 3.63) is 108 Å². The highest BCUT2D eigenvalue weighted by atomic mass is 16.5. The molecule has 0 atom stereocenters. The Bertz CT molecular complexity index is 1410. The van der Waals surface area contributed by atoms with Gasteiger partial charge in [0.15, 0.2) is 0 Å². The number of hydrogen-bond acceptors (Lipinski definition) is 10. The highest BCUT2D eigenvalue weighted by molar-refractivity contribution is 5.92. The Morgan fingerprint density at radius 3 is 1.02 bits per heavy atom. The second-order valence-corrected chi connectivity index (χ2v) is 9.59. The van der Waals surface area contributed by atoms with Gasteiger partial charge in [0.2, 0.25) is 0 Å². The average molecular weight is 627 g/mol. The summed E-state index contributed by atoms with van der Waals surface area (Å²) < 4.78 is 19.9. The number of benzene rings is 4. The van der Waals surface area contributed by atoms with E-state index in [9.17, 15) is 19.2 Å². The molecule has 0 radical (unpaired) electrons. The van der Waals surface area contributed by atoms with Crippen LogP contribution in [0.1, 0.15) is 48.4 Å². The highest BCUT2D eigenvalue weighted by Crippen LogP contribution is 2.21. The standard InChI is InChI=1S/2C18H19NO4/c2*1-3-19(4-2)15-7-5-14(6-8-15)18(21)23-17-11-9-16(10-12-17)22-13-20/h2*5-13H,3-4H2,1-2H3. The molecule has 0 bridgehead atoms. The maximum atomic E-state index is 12.1. The molecule has 46 heavy (non-hydrogen) atoms. The van der Waals surface area contributed by atoms with E-state index < -0.39 is 11.9 Å². The molecule has 10 heteroatoms. The molecule has 0 fully saturated rings. The summed E-state index contributed by atoms with van der Waals surface area (Å²) in [5.74, 6) is 0.703. The minimum absolute atomic E-state index is 0.346. The zero-order valence-corrected chi connectivity index (χ0v) is 26.4. The zero-order chi connectivity index (χ0) is 33.3. The van der Waals surface area contributed by atoms with E-state index in [4.69, 9.17) is 9.47 Å². The van der Waals surface area contributed by atoms with Crippen LogP contribution in [-0.2, 0) is 9.59 Å². The molecule has 0 amide bonds. The normalized spacial score (nSPS) is 10.0. The van der Waals surface area contributed by atoms with Crippen molar-refractivity contribution in [2.24, 2.45) is 0 Å². The molecule has 10 nitrogen and oxygen atoms in total. The summed E-state index contributed by atoms with van der Waals surface area (Å²) in [4.78, 5) is 49.1. The van der Waals surface area contributed by atoms with Crippen molar-refractivity contribution in [1.82, 2.24) is 0 Å². The lowest BCUT2D eigenvalue weighted by molar-refractivity contribution is -0.121. The lowest BCUT2D eigenvalue weighted by Crippen LogP contribution is -2.21. The first kappa shape index (κ1) is 34.8. The van der Waals surface area contributed by atoms with Crippen LogP contribution in [0.3, 0.4) is 0 Å². The van der Waals surface area contributed by atoms with Crippen LogP contribution in [0.4, 0.5) is 11.4 Å². The molecule has 0 N–H and O–H groups in total. The minimum Gasteiger partial charge on any atom is -0.429 e. The van der Waals surface area contributed by atoms with Gasteiger partial charge in [-0.1, -0.05) is 0 Å². The summed E-state index contributed by atoms with van der Waals surface area (Å²) in [6.45, 7) is 12.7. The van der Waals surface area contributed by atoms with E-state index in [1.165, 1.54) is 0 Å². The van der Waals surface area contributed by atoms with Crippen LogP contribution < -0.4 is 28.7 Å². The van der Waals surface area contributed by atoms with Crippen LogP contribution in [0.5, 0.6) is 23.0 Å². The van der Waals surface area contributed by atoms with E-state index >= 15 is 0 Å². The maximum Gasteiger partial charge on any atom is 0.343 e. The Balaban J connectivity index is 0.000000250. The molecule has 0 aliphatic carbocycles. The molecular formula is C36H38N2O8. The summed E-state index contributed by atoms with van der Waals surface area (Å²) >= 11 is 0. The van der Waals surface area contributed by atoms with E-state index in [0.717, 1.165) is 37.6 Å². The molecular weight excluding hydrogens is 588 g/mol. The van der Waals surface area contributed by atoms with Crippen LogP contribution in [0.25, 0.3) is 0 Å². The van der Waals surface area contributed by atoms with Crippen molar-refractivity contribution in [3.63, 3.8) is 0 Å². The Labute approximate surface area is 269 Å². The van der Waals surface area contributed by atoms with Gasteiger partial charge in [-0.05, 0) is 125 Å². The number of anilines is 2. The molecule has 240 valence electrons.